The topological polar surface area (TPSA) is 125 Å². The molecule has 1 aliphatic rings. The molecule has 1 fully saturated rings. The van der Waals surface area contributed by atoms with Crippen LogP contribution in [-0.4, -0.2) is 58.5 Å². The number of hydrogen-bond acceptors (Lipinski definition) is 7. The molecule has 0 radical (unpaired) electrons. The van der Waals surface area contributed by atoms with E-state index in [-0.39, 0.29) is 29.2 Å². The van der Waals surface area contributed by atoms with Gasteiger partial charge in [0.25, 0.3) is 0 Å². The highest BCUT2D eigenvalue weighted by molar-refractivity contribution is 7.89. The molecule has 10 nitrogen and oxygen atoms in total. The van der Waals surface area contributed by atoms with Crippen LogP contribution in [0.25, 0.3) is 0 Å². The first kappa shape index (κ1) is 19.9. The maximum Gasteiger partial charge on any atom is 0.312 e. The Morgan fingerprint density at radius 2 is 1.86 bits per heavy atom. The summed E-state index contributed by atoms with van der Waals surface area (Å²) in [5, 5.41) is 24.5. The first-order valence-corrected chi connectivity index (χ1v) is 10.1. The van der Waals surface area contributed by atoms with E-state index in [4.69, 9.17) is 0 Å². The maximum atomic E-state index is 12.9. The number of sulfonamides is 1. The van der Waals surface area contributed by atoms with Gasteiger partial charge in [0.2, 0.25) is 10.0 Å². The smallest absolute Gasteiger partial charge is 0.282 e. The van der Waals surface area contributed by atoms with Gasteiger partial charge < -0.3 is 0 Å². The van der Waals surface area contributed by atoms with E-state index < -0.39 is 14.9 Å². The van der Waals surface area contributed by atoms with Crippen LogP contribution in [0.15, 0.2) is 29.2 Å². The van der Waals surface area contributed by atoms with Crippen molar-refractivity contribution < 1.29 is 13.3 Å². The molecule has 3 rings (SSSR count). The van der Waals surface area contributed by atoms with E-state index in [1.807, 2.05) is 11.0 Å². The van der Waals surface area contributed by atoms with Gasteiger partial charge in [-0.05, 0) is 26.0 Å². The molecule has 1 saturated heterocycles. The lowest BCUT2D eigenvalue weighted by Crippen LogP contribution is -2.49. The molecule has 2 heterocycles. The van der Waals surface area contributed by atoms with E-state index in [1.165, 1.54) is 16.4 Å². The Labute approximate surface area is 162 Å². The number of aromatic nitrogens is 2. The zero-order valence-electron chi connectivity index (χ0n) is 15.6. The predicted molar refractivity (Wildman–Crippen MR) is 99.8 cm³/mol. The van der Waals surface area contributed by atoms with Crippen molar-refractivity contribution in [1.29, 1.82) is 5.26 Å². The summed E-state index contributed by atoms with van der Waals surface area (Å²) in [5.74, 6) is 0. The molecular formula is C17H20N6O4S. The summed E-state index contributed by atoms with van der Waals surface area (Å²) in [6, 6.07) is 8.07. The summed E-state index contributed by atoms with van der Waals surface area (Å²) in [6.07, 6.45) is 0. The minimum atomic E-state index is -3.75. The third-order valence-corrected chi connectivity index (χ3v) is 6.77. The van der Waals surface area contributed by atoms with Crippen molar-refractivity contribution >= 4 is 15.7 Å². The van der Waals surface area contributed by atoms with Crippen LogP contribution < -0.4 is 0 Å². The molecule has 28 heavy (non-hydrogen) atoms. The number of aryl methyl sites for hydroxylation is 1. The molecule has 148 valence electrons. The molecule has 0 unspecified atom stereocenters. The van der Waals surface area contributed by atoms with Crippen molar-refractivity contribution in [1.82, 2.24) is 19.0 Å². The van der Waals surface area contributed by atoms with E-state index in [1.54, 1.807) is 30.7 Å². The van der Waals surface area contributed by atoms with Gasteiger partial charge in [-0.1, -0.05) is 12.1 Å². The van der Waals surface area contributed by atoms with Crippen LogP contribution in [0.5, 0.6) is 0 Å². The molecule has 0 N–H and O–H groups in total. The molecule has 0 bridgehead atoms. The highest BCUT2D eigenvalue weighted by Crippen LogP contribution is 2.23. The monoisotopic (exact) mass is 404 g/mol. The lowest BCUT2D eigenvalue weighted by atomic mass is 10.2. The number of piperazine rings is 1. The molecule has 2 aromatic rings. The van der Waals surface area contributed by atoms with Crippen LogP contribution >= 0.6 is 0 Å². The van der Waals surface area contributed by atoms with E-state index in [9.17, 15) is 23.8 Å². The van der Waals surface area contributed by atoms with Crippen molar-refractivity contribution in [3.63, 3.8) is 0 Å². The molecule has 1 aromatic carbocycles. The average Bonchev–Trinajstić information content (AvgIpc) is 2.95. The van der Waals surface area contributed by atoms with Gasteiger partial charge in [-0.15, -0.1) is 0 Å². The molecular weight excluding hydrogens is 384 g/mol. The quantitative estimate of drug-likeness (QED) is 0.542. The Balaban J connectivity index is 1.71. The molecule has 0 aliphatic carbocycles. The third-order valence-electron chi connectivity index (χ3n) is 4.82. The fourth-order valence-corrected chi connectivity index (χ4v) is 4.88. The van der Waals surface area contributed by atoms with Crippen LogP contribution in [0.4, 0.5) is 5.69 Å². The van der Waals surface area contributed by atoms with Crippen molar-refractivity contribution in [2.75, 3.05) is 26.2 Å². The highest BCUT2D eigenvalue weighted by atomic mass is 32.2. The van der Waals surface area contributed by atoms with Crippen LogP contribution in [0.1, 0.15) is 17.0 Å². The van der Waals surface area contributed by atoms with E-state index in [0.29, 0.717) is 31.1 Å². The second kappa shape index (κ2) is 7.67. The van der Waals surface area contributed by atoms with Crippen LogP contribution in [0, 0.1) is 35.3 Å². The van der Waals surface area contributed by atoms with E-state index in [0.717, 1.165) is 0 Å². The fourth-order valence-electron chi connectivity index (χ4n) is 3.31. The summed E-state index contributed by atoms with van der Waals surface area (Å²) in [5.41, 5.74) is 0.964. The summed E-state index contributed by atoms with van der Waals surface area (Å²) in [7, 11) is -3.75. The van der Waals surface area contributed by atoms with Crippen LogP contribution in [0.3, 0.4) is 0 Å². The molecule has 0 spiro atoms. The van der Waals surface area contributed by atoms with Crippen molar-refractivity contribution in [2.24, 2.45) is 0 Å². The summed E-state index contributed by atoms with van der Waals surface area (Å²) in [4.78, 5) is 12.7. The second-order valence-corrected chi connectivity index (χ2v) is 8.45. The number of nitriles is 1. The van der Waals surface area contributed by atoms with Gasteiger partial charge in [-0.3, -0.25) is 15.0 Å². The Bertz CT molecular complexity index is 1050. The molecule has 0 saturated carbocycles. The van der Waals surface area contributed by atoms with E-state index in [2.05, 4.69) is 5.10 Å². The standard InChI is InChI=1S/C17H20N6O4S/c1-13-17(23(24)25)14(2)22(19-13)12-20-7-9-21(10-8-20)28(26,27)16-6-4-3-5-15(16)11-18/h3-6H,7-10,12H2,1-2H3. The van der Waals surface area contributed by atoms with Crippen molar-refractivity contribution in [3.8, 4) is 6.07 Å². The van der Waals surface area contributed by atoms with Gasteiger partial charge >= 0.3 is 5.69 Å². The van der Waals surface area contributed by atoms with Gasteiger partial charge in [0.1, 0.15) is 17.5 Å². The number of hydrogen-bond donors (Lipinski definition) is 0. The maximum absolute atomic E-state index is 12.9. The number of rotatable bonds is 5. The van der Waals surface area contributed by atoms with Gasteiger partial charge in [-0.25, -0.2) is 13.1 Å². The second-order valence-electron chi connectivity index (χ2n) is 6.55. The lowest BCUT2D eigenvalue weighted by Gasteiger charge is -2.34. The van der Waals surface area contributed by atoms with Crippen molar-refractivity contribution in [3.05, 3.63) is 51.3 Å². The zero-order chi connectivity index (χ0) is 20.5. The van der Waals surface area contributed by atoms with Gasteiger partial charge in [0.15, 0.2) is 0 Å². The Hall–Kier alpha value is -2.81. The first-order chi connectivity index (χ1) is 13.3. The minimum Gasteiger partial charge on any atom is -0.282 e. The predicted octanol–water partition coefficient (Wildman–Crippen LogP) is 1.24. The number of benzene rings is 1. The average molecular weight is 404 g/mol. The van der Waals surface area contributed by atoms with Crippen LogP contribution in [0.2, 0.25) is 0 Å². The largest absolute Gasteiger partial charge is 0.312 e. The van der Waals surface area contributed by atoms with E-state index >= 15 is 0 Å². The number of nitro groups is 1. The summed E-state index contributed by atoms with van der Waals surface area (Å²) in [6.45, 7) is 5.05. The summed E-state index contributed by atoms with van der Waals surface area (Å²) >= 11 is 0. The Morgan fingerprint density at radius 3 is 2.43 bits per heavy atom. The minimum absolute atomic E-state index is 0.00863. The molecule has 11 heteroatoms. The van der Waals surface area contributed by atoms with Gasteiger partial charge in [0, 0.05) is 26.2 Å². The van der Waals surface area contributed by atoms with Crippen LogP contribution in [-0.2, 0) is 16.7 Å². The zero-order valence-corrected chi connectivity index (χ0v) is 16.4. The Morgan fingerprint density at radius 1 is 1.21 bits per heavy atom. The fraction of sp³-hybridized carbons (Fsp3) is 0.412. The SMILES string of the molecule is Cc1nn(CN2CCN(S(=O)(=O)c3ccccc3C#N)CC2)c(C)c1[N+](=O)[O-]. The highest BCUT2D eigenvalue weighted by Gasteiger charge is 2.31. The Kier molecular flexibility index (Phi) is 5.46. The normalized spacial score (nSPS) is 16.0. The number of nitrogens with zero attached hydrogens (tertiary/aromatic N) is 6. The molecule has 0 atom stereocenters. The molecule has 1 aliphatic heterocycles. The molecule has 0 amide bonds. The lowest BCUT2D eigenvalue weighted by molar-refractivity contribution is -0.386. The third kappa shape index (κ3) is 3.62. The first-order valence-electron chi connectivity index (χ1n) is 8.65. The molecule has 1 aromatic heterocycles. The van der Waals surface area contributed by atoms with Gasteiger partial charge in [-0.2, -0.15) is 14.7 Å². The summed E-state index contributed by atoms with van der Waals surface area (Å²) < 4.78 is 28.7. The van der Waals surface area contributed by atoms with Crippen molar-refractivity contribution in [2.45, 2.75) is 25.4 Å². The van der Waals surface area contributed by atoms with Gasteiger partial charge in [0.05, 0.1) is 22.1 Å².